The van der Waals surface area contributed by atoms with E-state index in [1.165, 1.54) is 15.3 Å². The van der Waals surface area contributed by atoms with E-state index in [1.54, 1.807) is 11.3 Å². The molecule has 0 spiro atoms. The van der Waals surface area contributed by atoms with Gasteiger partial charge in [-0.2, -0.15) is 0 Å². The summed E-state index contributed by atoms with van der Waals surface area (Å²) in [7, 11) is 0. The Bertz CT molecular complexity index is 519. The third-order valence-corrected chi connectivity index (χ3v) is 4.46. The SMILES string of the molecule is CCc1ccc(C(N)c2cc(Cl)ccc2C)s1. The van der Waals surface area contributed by atoms with Gasteiger partial charge in [0, 0.05) is 14.8 Å². The average molecular weight is 266 g/mol. The molecule has 1 aromatic heterocycles. The van der Waals surface area contributed by atoms with Gasteiger partial charge in [0.2, 0.25) is 0 Å². The Hall–Kier alpha value is -0.830. The molecule has 0 radical (unpaired) electrons. The average Bonchev–Trinajstić information content (AvgIpc) is 2.80. The highest BCUT2D eigenvalue weighted by atomic mass is 35.5. The van der Waals surface area contributed by atoms with Crippen molar-refractivity contribution >= 4 is 22.9 Å². The number of hydrogen-bond acceptors (Lipinski definition) is 2. The first-order valence-electron chi connectivity index (χ1n) is 5.72. The van der Waals surface area contributed by atoms with Crippen molar-refractivity contribution in [2.75, 3.05) is 0 Å². The van der Waals surface area contributed by atoms with Crippen molar-refractivity contribution in [1.82, 2.24) is 0 Å². The number of hydrogen-bond donors (Lipinski definition) is 1. The first kappa shape index (κ1) is 12.6. The van der Waals surface area contributed by atoms with Crippen LogP contribution in [0.1, 0.15) is 33.8 Å². The fourth-order valence-electron chi connectivity index (χ4n) is 1.85. The minimum Gasteiger partial charge on any atom is -0.320 e. The van der Waals surface area contributed by atoms with Crippen LogP contribution in [-0.4, -0.2) is 0 Å². The van der Waals surface area contributed by atoms with Crippen LogP contribution in [0.25, 0.3) is 0 Å². The van der Waals surface area contributed by atoms with Crippen LogP contribution in [0.15, 0.2) is 30.3 Å². The van der Waals surface area contributed by atoms with E-state index in [-0.39, 0.29) is 6.04 Å². The summed E-state index contributed by atoms with van der Waals surface area (Å²) in [6.45, 7) is 4.23. The predicted octanol–water partition coefficient (Wildman–Crippen LogP) is 4.32. The molecule has 0 saturated heterocycles. The van der Waals surface area contributed by atoms with Gasteiger partial charge in [-0.3, -0.25) is 0 Å². The van der Waals surface area contributed by atoms with Gasteiger partial charge >= 0.3 is 0 Å². The molecule has 1 atom stereocenters. The molecule has 0 bridgehead atoms. The quantitative estimate of drug-likeness (QED) is 0.879. The van der Waals surface area contributed by atoms with Crippen molar-refractivity contribution < 1.29 is 0 Å². The molecular formula is C14H16ClNS. The van der Waals surface area contributed by atoms with Crippen LogP contribution in [0.4, 0.5) is 0 Å². The first-order chi connectivity index (χ1) is 8.11. The zero-order valence-electron chi connectivity index (χ0n) is 10.0. The summed E-state index contributed by atoms with van der Waals surface area (Å²) in [5.41, 5.74) is 8.61. The van der Waals surface area contributed by atoms with E-state index in [0.717, 1.165) is 17.0 Å². The number of benzene rings is 1. The molecule has 0 saturated carbocycles. The van der Waals surface area contributed by atoms with Gasteiger partial charge in [0.15, 0.2) is 0 Å². The van der Waals surface area contributed by atoms with E-state index in [1.807, 2.05) is 18.2 Å². The number of rotatable bonds is 3. The van der Waals surface area contributed by atoms with E-state index in [2.05, 4.69) is 26.0 Å². The van der Waals surface area contributed by atoms with E-state index in [9.17, 15) is 0 Å². The van der Waals surface area contributed by atoms with Gasteiger partial charge in [-0.15, -0.1) is 11.3 Å². The second-order valence-electron chi connectivity index (χ2n) is 4.14. The van der Waals surface area contributed by atoms with Crippen LogP contribution in [0.5, 0.6) is 0 Å². The molecule has 1 heterocycles. The molecule has 2 rings (SSSR count). The number of nitrogens with two attached hydrogens (primary N) is 1. The van der Waals surface area contributed by atoms with Gasteiger partial charge in [-0.1, -0.05) is 24.6 Å². The molecule has 2 N–H and O–H groups in total. The lowest BCUT2D eigenvalue weighted by molar-refractivity contribution is 0.883. The third kappa shape index (κ3) is 2.71. The molecule has 90 valence electrons. The zero-order chi connectivity index (χ0) is 12.4. The van der Waals surface area contributed by atoms with Gasteiger partial charge in [0.05, 0.1) is 6.04 Å². The van der Waals surface area contributed by atoms with Crippen LogP contribution in [0.3, 0.4) is 0 Å². The second kappa shape index (κ2) is 5.21. The highest BCUT2D eigenvalue weighted by molar-refractivity contribution is 7.12. The molecule has 17 heavy (non-hydrogen) atoms. The zero-order valence-corrected chi connectivity index (χ0v) is 11.6. The van der Waals surface area contributed by atoms with E-state index in [4.69, 9.17) is 17.3 Å². The van der Waals surface area contributed by atoms with Crippen molar-refractivity contribution in [1.29, 1.82) is 0 Å². The van der Waals surface area contributed by atoms with E-state index >= 15 is 0 Å². The summed E-state index contributed by atoms with van der Waals surface area (Å²) in [4.78, 5) is 2.57. The lowest BCUT2D eigenvalue weighted by Crippen LogP contribution is -2.11. The van der Waals surface area contributed by atoms with Crippen LogP contribution < -0.4 is 5.73 Å². The van der Waals surface area contributed by atoms with Gasteiger partial charge in [0.25, 0.3) is 0 Å². The van der Waals surface area contributed by atoms with Gasteiger partial charge in [-0.05, 0) is 48.7 Å². The van der Waals surface area contributed by atoms with Crippen LogP contribution in [-0.2, 0) is 6.42 Å². The first-order valence-corrected chi connectivity index (χ1v) is 6.91. The maximum absolute atomic E-state index is 6.31. The standard InChI is InChI=1S/C14H16ClNS/c1-3-11-6-7-13(17-11)14(16)12-8-10(15)5-4-9(12)2/h4-8,14H,3,16H2,1-2H3. The summed E-state index contributed by atoms with van der Waals surface area (Å²) in [5, 5.41) is 0.744. The van der Waals surface area contributed by atoms with E-state index < -0.39 is 0 Å². The molecular weight excluding hydrogens is 250 g/mol. The maximum atomic E-state index is 6.31. The monoisotopic (exact) mass is 265 g/mol. The Balaban J connectivity index is 2.35. The van der Waals surface area contributed by atoms with Crippen LogP contribution >= 0.6 is 22.9 Å². The summed E-state index contributed by atoms with van der Waals surface area (Å²) < 4.78 is 0. The fraction of sp³-hybridized carbons (Fsp3) is 0.286. The number of aryl methyl sites for hydroxylation is 2. The molecule has 0 aliphatic rings. The smallest absolute Gasteiger partial charge is 0.0649 e. The molecule has 0 aliphatic carbocycles. The predicted molar refractivity (Wildman–Crippen MR) is 75.9 cm³/mol. The van der Waals surface area contributed by atoms with Crippen molar-refractivity contribution in [3.63, 3.8) is 0 Å². The Kier molecular flexibility index (Phi) is 3.87. The van der Waals surface area contributed by atoms with Gasteiger partial charge in [-0.25, -0.2) is 0 Å². The lowest BCUT2D eigenvalue weighted by Gasteiger charge is -2.13. The molecule has 1 unspecified atom stereocenters. The minimum atomic E-state index is -0.0704. The third-order valence-electron chi connectivity index (χ3n) is 2.91. The summed E-state index contributed by atoms with van der Waals surface area (Å²) in [5.74, 6) is 0. The van der Waals surface area contributed by atoms with Gasteiger partial charge < -0.3 is 5.73 Å². The summed E-state index contributed by atoms with van der Waals surface area (Å²) >= 11 is 7.81. The van der Waals surface area contributed by atoms with Crippen molar-refractivity contribution in [2.24, 2.45) is 5.73 Å². The Morgan fingerprint density at radius 1 is 1.29 bits per heavy atom. The van der Waals surface area contributed by atoms with Gasteiger partial charge in [0.1, 0.15) is 0 Å². The Morgan fingerprint density at radius 3 is 2.71 bits per heavy atom. The fourth-order valence-corrected chi connectivity index (χ4v) is 3.01. The van der Waals surface area contributed by atoms with Crippen molar-refractivity contribution in [3.05, 3.63) is 56.2 Å². The normalized spacial score (nSPS) is 12.7. The summed E-state index contributed by atoms with van der Waals surface area (Å²) in [6.07, 6.45) is 1.06. The number of halogens is 1. The largest absolute Gasteiger partial charge is 0.320 e. The second-order valence-corrected chi connectivity index (χ2v) is 5.77. The summed E-state index contributed by atoms with van der Waals surface area (Å²) in [6, 6.07) is 10.1. The Labute approximate surface area is 111 Å². The van der Waals surface area contributed by atoms with Crippen LogP contribution in [0, 0.1) is 6.92 Å². The van der Waals surface area contributed by atoms with E-state index in [0.29, 0.717) is 0 Å². The molecule has 1 aromatic carbocycles. The minimum absolute atomic E-state index is 0.0704. The highest BCUT2D eigenvalue weighted by Gasteiger charge is 2.13. The van der Waals surface area contributed by atoms with Crippen LogP contribution in [0.2, 0.25) is 5.02 Å². The van der Waals surface area contributed by atoms with Crippen molar-refractivity contribution in [3.8, 4) is 0 Å². The maximum Gasteiger partial charge on any atom is 0.0649 e. The lowest BCUT2D eigenvalue weighted by atomic mass is 10.0. The molecule has 1 nitrogen and oxygen atoms in total. The molecule has 0 amide bonds. The molecule has 3 heteroatoms. The van der Waals surface area contributed by atoms with Crippen molar-refractivity contribution in [2.45, 2.75) is 26.3 Å². The number of thiophene rings is 1. The molecule has 0 aliphatic heterocycles. The highest BCUT2D eigenvalue weighted by Crippen LogP contribution is 2.30. The Morgan fingerprint density at radius 2 is 2.06 bits per heavy atom. The molecule has 2 aromatic rings. The molecule has 0 fully saturated rings. The topological polar surface area (TPSA) is 26.0 Å².